The van der Waals surface area contributed by atoms with E-state index in [0.29, 0.717) is 6.42 Å². The second kappa shape index (κ2) is 41.8. The fourth-order valence-electron chi connectivity index (χ4n) is 1.54. The van der Waals surface area contributed by atoms with Gasteiger partial charge in [0.25, 0.3) is 0 Å². The topological polar surface area (TPSA) is 164 Å². The fourth-order valence-corrected chi connectivity index (χ4v) is 1.54. The number of methoxy groups -OCH3 is 1. The van der Waals surface area contributed by atoms with Crippen LogP contribution in [0.3, 0.4) is 0 Å². The van der Waals surface area contributed by atoms with E-state index < -0.39 is 5.97 Å². The standard InChI is InChI=1S/C13H12O4.6CO.2Co/c1-9-6-11-12(17-8-16-11)7-10(9)4-3-5-13(14)15-2;6*1-2;;/h6-7H,4,8H2,1-2H3;;;;;;;;. The Morgan fingerprint density at radius 2 is 1.29 bits per heavy atom. The van der Waals surface area contributed by atoms with Gasteiger partial charge in [-0.1, -0.05) is 0 Å². The van der Waals surface area contributed by atoms with Crippen LogP contribution < -0.4 is 9.47 Å². The summed E-state index contributed by atoms with van der Waals surface area (Å²) >= 11 is 0. The number of carbonyl (C=O) groups excluding carboxylic acids is 1. The minimum Gasteiger partial charge on any atom is 0 e. The first kappa shape index (κ1) is 46.6. The summed E-state index contributed by atoms with van der Waals surface area (Å²) in [5.41, 5.74) is 2.08. The molecule has 0 atom stereocenters. The molecular formula is C19H12Co2O10. The molecule has 12 heteroatoms. The van der Waals surface area contributed by atoms with E-state index >= 15 is 0 Å². The van der Waals surface area contributed by atoms with Crippen molar-refractivity contribution < 1.29 is 80.5 Å². The zero-order chi connectivity index (χ0) is 24.3. The first-order valence-electron chi connectivity index (χ1n) is 6.39. The third-order valence-corrected chi connectivity index (χ3v) is 2.49. The van der Waals surface area contributed by atoms with Gasteiger partial charge >= 0.3 is 73.8 Å². The van der Waals surface area contributed by atoms with Crippen molar-refractivity contribution in [2.24, 2.45) is 0 Å². The molecule has 0 bridgehead atoms. The summed E-state index contributed by atoms with van der Waals surface area (Å²) in [4.78, 5) is 10.8. The molecule has 0 saturated heterocycles. The van der Waals surface area contributed by atoms with E-state index in [0.717, 1.165) is 22.6 Å². The third-order valence-electron chi connectivity index (χ3n) is 2.49. The molecule has 0 aromatic heterocycles. The van der Waals surface area contributed by atoms with Crippen molar-refractivity contribution in [1.29, 1.82) is 0 Å². The number of benzene rings is 1. The largest absolute Gasteiger partial charge is 0 e. The molecule has 0 amide bonds. The SMILES string of the molecule is COC(=O)[C]=[C]Cc1cc2c(cc1C)OCO2.[C-]#[O+].[C-]#[O+].[C-]#[O+].[C-]#[O+].[C-]#[O+].[C-]#[O+].[Co].[Co]. The summed E-state index contributed by atoms with van der Waals surface area (Å²) < 4.78 is 60.0. The molecule has 1 aliphatic rings. The van der Waals surface area contributed by atoms with Crippen LogP contribution in [0.5, 0.6) is 11.5 Å². The maximum atomic E-state index is 10.8. The van der Waals surface area contributed by atoms with Crippen LogP contribution in [0.15, 0.2) is 12.1 Å². The minimum atomic E-state index is -0.525. The minimum absolute atomic E-state index is 0. The molecule has 0 aliphatic carbocycles. The Morgan fingerprint density at radius 3 is 1.68 bits per heavy atom. The van der Waals surface area contributed by atoms with Crippen LogP contribution in [0, 0.1) is 59.0 Å². The summed E-state index contributed by atoms with van der Waals surface area (Å²) in [5, 5.41) is 0. The van der Waals surface area contributed by atoms with Gasteiger partial charge in [-0.3, -0.25) is 0 Å². The van der Waals surface area contributed by atoms with Gasteiger partial charge in [0.1, 0.15) is 0 Å². The van der Waals surface area contributed by atoms with Gasteiger partial charge < -0.3 is 14.2 Å². The molecule has 4 radical (unpaired) electrons. The molecule has 0 spiro atoms. The molecule has 10 nitrogen and oxygen atoms in total. The number of fused-ring (bicyclic) bond motifs is 1. The van der Waals surface area contributed by atoms with Crippen molar-refractivity contribution in [3.63, 3.8) is 0 Å². The average molecular weight is 518 g/mol. The second-order valence-electron chi connectivity index (χ2n) is 3.60. The van der Waals surface area contributed by atoms with Crippen LogP contribution in [0.2, 0.25) is 0 Å². The number of hydrogen-bond acceptors (Lipinski definition) is 4. The Bertz CT molecular complexity index is 670. The molecule has 0 saturated carbocycles. The number of hydrogen-bond donors (Lipinski definition) is 0. The molecule has 0 N–H and O–H groups in total. The molecule has 2 rings (SSSR count). The monoisotopic (exact) mass is 518 g/mol. The third kappa shape index (κ3) is 23.6. The van der Waals surface area contributed by atoms with E-state index in [1.807, 2.05) is 19.1 Å². The van der Waals surface area contributed by atoms with Gasteiger partial charge in [0, 0.05) is 33.6 Å². The first-order chi connectivity index (χ1) is 14.2. The summed E-state index contributed by atoms with van der Waals surface area (Å²) in [5.74, 6) is 0.959. The Kier molecular flexibility index (Phi) is 62.8. The zero-order valence-corrected chi connectivity index (χ0v) is 17.9. The predicted molar refractivity (Wildman–Crippen MR) is 83.1 cm³/mol. The van der Waals surface area contributed by atoms with Gasteiger partial charge in [-0.05, 0) is 42.7 Å². The Balaban J connectivity index is -0.0000000716. The summed E-state index contributed by atoms with van der Waals surface area (Å²) in [6.45, 7) is 29.2. The average Bonchev–Trinajstić information content (AvgIpc) is 3.29. The van der Waals surface area contributed by atoms with Gasteiger partial charge in [0.2, 0.25) is 6.79 Å². The van der Waals surface area contributed by atoms with Crippen molar-refractivity contribution in [1.82, 2.24) is 0 Å². The molecule has 1 heterocycles. The van der Waals surface area contributed by atoms with Crippen LogP contribution >= 0.6 is 0 Å². The van der Waals surface area contributed by atoms with E-state index in [2.05, 4.69) is 56.8 Å². The van der Waals surface area contributed by atoms with Gasteiger partial charge in [-0.2, -0.15) is 0 Å². The van der Waals surface area contributed by atoms with Crippen molar-refractivity contribution in [3.05, 3.63) is 75.3 Å². The van der Waals surface area contributed by atoms with Crippen molar-refractivity contribution >= 4 is 5.97 Å². The zero-order valence-electron chi connectivity index (χ0n) is 15.8. The normalized spacial score (nSPS) is 7.55. The van der Waals surface area contributed by atoms with Gasteiger partial charge in [-0.15, -0.1) is 0 Å². The second-order valence-corrected chi connectivity index (χ2v) is 3.60. The van der Waals surface area contributed by atoms with E-state index in [9.17, 15) is 4.79 Å². The van der Waals surface area contributed by atoms with Crippen LogP contribution in [0.4, 0.5) is 0 Å². The van der Waals surface area contributed by atoms with Crippen molar-refractivity contribution in [2.75, 3.05) is 13.9 Å². The Labute approximate surface area is 200 Å². The van der Waals surface area contributed by atoms with Crippen molar-refractivity contribution in [2.45, 2.75) is 13.3 Å². The smallest absolute Gasteiger partial charge is 0 e. The maximum Gasteiger partial charge on any atom is 0 e. The number of esters is 1. The maximum absolute atomic E-state index is 10.8. The summed E-state index contributed by atoms with van der Waals surface area (Å²) in [7, 11) is 1.31. The number of carbonyl (C=O) groups is 1. The quantitative estimate of drug-likeness (QED) is 0.256. The van der Waals surface area contributed by atoms with Gasteiger partial charge in [0.15, 0.2) is 11.5 Å². The predicted octanol–water partition coefficient (Wildman–Crippen LogP) is 1.37. The van der Waals surface area contributed by atoms with E-state index in [4.69, 9.17) is 37.4 Å². The molecule has 166 valence electrons. The van der Waals surface area contributed by atoms with Gasteiger partial charge in [0.05, 0.1) is 13.2 Å². The number of allylic oxidation sites excluding steroid dienone is 1. The number of aryl methyl sites for hydroxylation is 1. The van der Waals surface area contributed by atoms with E-state index in [-0.39, 0.29) is 40.4 Å². The van der Waals surface area contributed by atoms with Crippen LogP contribution in [0.1, 0.15) is 11.1 Å². The number of ether oxygens (including phenoxy) is 3. The molecule has 1 aromatic carbocycles. The molecule has 0 fully saturated rings. The number of rotatable bonds is 3. The molecule has 1 aromatic rings. The molecule has 31 heavy (non-hydrogen) atoms. The van der Waals surface area contributed by atoms with Gasteiger partial charge in [-0.25, -0.2) is 4.79 Å². The summed E-state index contributed by atoms with van der Waals surface area (Å²) in [6, 6.07) is 3.81. The van der Waals surface area contributed by atoms with Crippen molar-refractivity contribution in [3.8, 4) is 11.5 Å². The van der Waals surface area contributed by atoms with E-state index in [1.165, 1.54) is 7.11 Å². The Morgan fingerprint density at radius 1 is 0.903 bits per heavy atom. The summed E-state index contributed by atoms with van der Waals surface area (Å²) in [6.07, 6.45) is 5.64. The Hall–Kier alpha value is -2.52. The first-order valence-corrected chi connectivity index (χ1v) is 6.39. The fraction of sp³-hybridized carbons (Fsp3) is 0.211. The molecular weight excluding hydrogens is 506 g/mol. The molecule has 0 unspecified atom stereocenters. The van der Waals surface area contributed by atoms with Crippen LogP contribution in [-0.4, -0.2) is 19.9 Å². The molecule has 1 aliphatic heterocycles. The van der Waals surface area contributed by atoms with Crippen LogP contribution in [0.25, 0.3) is 0 Å². The van der Waals surface area contributed by atoms with E-state index in [1.54, 1.807) is 0 Å². The van der Waals surface area contributed by atoms with Crippen LogP contribution in [-0.2, 0) is 77.4 Å².